The molecule has 6 nitrogen and oxygen atoms in total. The van der Waals surface area contributed by atoms with E-state index in [9.17, 15) is 5.11 Å². The van der Waals surface area contributed by atoms with Crippen LogP contribution >= 0.6 is 11.6 Å². The van der Waals surface area contributed by atoms with Crippen molar-refractivity contribution in [3.8, 4) is 22.4 Å². The third-order valence-corrected chi connectivity index (χ3v) is 6.60. The van der Waals surface area contributed by atoms with Crippen LogP contribution in [0.2, 0.25) is 5.02 Å². The molecule has 4 heterocycles. The number of halogens is 1. The minimum absolute atomic E-state index is 0.200. The van der Waals surface area contributed by atoms with Crippen molar-refractivity contribution in [2.24, 2.45) is 0 Å². The van der Waals surface area contributed by atoms with Crippen LogP contribution < -0.4 is 0 Å². The molecule has 4 atom stereocenters. The Morgan fingerprint density at radius 3 is 2.48 bits per heavy atom. The van der Waals surface area contributed by atoms with Gasteiger partial charge in [-0.2, -0.15) is 0 Å². The van der Waals surface area contributed by atoms with Gasteiger partial charge in [-0.3, -0.25) is 0 Å². The van der Waals surface area contributed by atoms with Gasteiger partial charge in [0.1, 0.15) is 24.4 Å². The molecule has 0 bridgehead atoms. The molecule has 2 aromatic carbocycles. The van der Waals surface area contributed by atoms with Crippen LogP contribution in [0.4, 0.5) is 0 Å². The Labute approximate surface area is 196 Å². The van der Waals surface area contributed by atoms with E-state index in [1.54, 1.807) is 0 Å². The number of aliphatic hydroxyl groups is 1. The fourth-order valence-electron chi connectivity index (χ4n) is 4.60. The molecule has 2 fully saturated rings. The number of nitrogens with zero attached hydrogens (tertiary/aromatic N) is 1. The summed E-state index contributed by atoms with van der Waals surface area (Å²) in [5, 5.41) is 10.5. The van der Waals surface area contributed by atoms with Crippen molar-refractivity contribution in [2.45, 2.75) is 31.0 Å². The second-order valence-electron chi connectivity index (χ2n) is 8.50. The first-order valence-corrected chi connectivity index (χ1v) is 11.4. The first kappa shape index (κ1) is 20.8. The van der Waals surface area contributed by atoms with Gasteiger partial charge in [-0.05, 0) is 23.3 Å². The first-order chi connectivity index (χ1) is 16.2. The van der Waals surface area contributed by atoms with Gasteiger partial charge < -0.3 is 24.3 Å². The normalized spacial score (nSPS) is 24.4. The molecule has 2 aliphatic heterocycles. The van der Waals surface area contributed by atoms with Crippen molar-refractivity contribution in [1.82, 2.24) is 9.97 Å². The van der Waals surface area contributed by atoms with Gasteiger partial charge in [0.25, 0.3) is 0 Å². The molecule has 2 aliphatic rings. The Morgan fingerprint density at radius 2 is 1.67 bits per heavy atom. The molecule has 2 N–H and O–H groups in total. The Morgan fingerprint density at radius 1 is 0.939 bits per heavy atom. The molecule has 33 heavy (non-hydrogen) atoms. The standard InChI is InChI=1S/C26H23ClN2O4/c27-19-11-21-20(10-18(28-21)12-31-23-14-33-25-22(30)13-32-26(23)25)29-24(19)17-8-6-16(7-9-17)15-4-2-1-3-5-15/h1-11,22-23,25-26,28,30H,12-14H2/t22-,23-,25-,26-/m1/s1. The summed E-state index contributed by atoms with van der Waals surface area (Å²) in [7, 11) is 0. The highest BCUT2D eigenvalue weighted by molar-refractivity contribution is 6.33. The highest BCUT2D eigenvalue weighted by Crippen LogP contribution is 2.32. The molecule has 4 aromatic rings. The molecular formula is C26H23ClN2O4. The lowest BCUT2D eigenvalue weighted by molar-refractivity contribution is -0.0446. The number of pyridine rings is 1. The molecule has 168 valence electrons. The van der Waals surface area contributed by atoms with E-state index >= 15 is 0 Å². The van der Waals surface area contributed by atoms with Gasteiger partial charge in [0.15, 0.2) is 0 Å². The molecular weight excluding hydrogens is 440 g/mol. The minimum Gasteiger partial charge on any atom is -0.388 e. The zero-order chi connectivity index (χ0) is 22.4. The second kappa shape index (κ2) is 8.56. The molecule has 0 radical (unpaired) electrons. The van der Waals surface area contributed by atoms with Gasteiger partial charge in [-0.15, -0.1) is 0 Å². The summed E-state index contributed by atoms with van der Waals surface area (Å²) < 4.78 is 17.3. The number of aromatic amines is 1. The highest BCUT2D eigenvalue weighted by Gasteiger charge is 2.47. The number of fused-ring (bicyclic) bond motifs is 2. The molecule has 2 saturated heterocycles. The Hall–Kier alpha value is -2.74. The maximum absolute atomic E-state index is 9.88. The Kier molecular flexibility index (Phi) is 5.40. The van der Waals surface area contributed by atoms with Crippen molar-refractivity contribution in [2.75, 3.05) is 13.2 Å². The summed E-state index contributed by atoms with van der Waals surface area (Å²) in [6, 6.07) is 22.4. The molecule has 0 aliphatic carbocycles. The molecule has 0 unspecified atom stereocenters. The average Bonchev–Trinajstić information content (AvgIpc) is 3.54. The van der Waals surface area contributed by atoms with Gasteiger partial charge in [-0.1, -0.05) is 66.2 Å². The third kappa shape index (κ3) is 3.94. The van der Waals surface area contributed by atoms with Crippen LogP contribution in [-0.2, 0) is 20.8 Å². The SMILES string of the molecule is O[C@@H]1CO[C@H]2[C@@H]1OC[C@H]2OCc1cc2nc(-c3ccc(-c4ccccc4)cc3)c(Cl)cc2[nH]1. The number of rotatable bonds is 5. The van der Waals surface area contributed by atoms with Crippen molar-refractivity contribution in [3.63, 3.8) is 0 Å². The smallest absolute Gasteiger partial charge is 0.115 e. The molecule has 0 saturated carbocycles. The molecule has 0 amide bonds. The summed E-state index contributed by atoms with van der Waals surface area (Å²) in [6.07, 6.45) is -1.30. The largest absolute Gasteiger partial charge is 0.388 e. The molecule has 6 rings (SSSR count). The van der Waals surface area contributed by atoms with Gasteiger partial charge >= 0.3 is 0 Å². The van der Waals surface area contributed by atoms with Crippen LogP contribution in [-0.4, -0.2) is 52.7 Å². The minimum atomic E-state index is -0.580. The van der Waals surface area contributed by atoms with Crippen LogP contribution in [0.3, 0.4) is 0 Å². The van der Waals surface area contributed by atoms with E-state index in [1.165, 1.54) is 5.56 Å². The number of ether oxygens (including phenoxy) is 3. The topological polar surface area (TPSA) is 76.6 Å². The van der Waals surface area contributed by atoms with Gasteiger partial charge in [0.2, 0.25) is 0 Å². The maximum Gasteiger partial charge on any atom is 0.115 e. The van der Waals surface area contributed by atoms with Gasteiger partial charge in [0, 0.05) is 11.3 Å². The number of aromatic nitrogens is 2. The number of hydrogen-bond donors (Lipinski definition) is 2. The number of benzene rings is 2. The lowest BCUT2D eigenvalue weighted by Gasteiger charge is -2.16. The third-order valence-electron chi connectivity index (χ3n) is 6.31. The number of H-pyrrole nitrogens is 1. The van der Waals surface area contributed by atoms with Crippen LogP contribution in [0.5, 0.6) is 0 Å². The zero-order valence-electron chi connectivity index (χ0n) is 17.8. The highest BCUT2D eigenvalue weighted by atomic mass is 35.5. The van der Waals surface area contributed by atoms with E-state index in [-0.39, 0.29) is 18.3 Å². The van der Waals surface area contributed by atoms with Crippen molar-refractivity contribution in [3.05, 3.63) is 77.4 Å². The van der Waals surface area contributed by atoms with E-state index in [2.05, 4.69) is 29.2 Å². The Bertz CT molecular complexity index is 1270. The second-order valence-corrected chi connectivity index (χ2v) is 8.91. The fraction of sp³-hybridized carbons (Fsp3) is 0.269. The summed E-state index contributed by atoms with van der Waals surface area (Å²) in [4.78, 5) is 8.14. The lowest BCUT2D eigenvalue weighted by Crippen LogP contribution is -2.32. The summed E-state index contributed by atoms with van der Waals surface area (Å²) in [6.45, 7) is 1.07. The van der Waals surface area contributed by atoms with Crippen molar-refractivity contribution in [1.29, 1.82) is 0 Å². The summed E-state index contributed by atoms with van der Waals surface area (Å²) >= 11 is 6.59. The predicted octanol–water partition coefficient (Wildman–Crippen LogP) is 4.59. The van der Waals surface area contributed by atoms with Crippen LogP contribution in [0.15, 0.2) is 66.7 Å². The van der Waals surface area contributed by atoms with E-state index in [0.29, 0.717) is 24.8 Å². The predicted molar refractivity (Wildman–Crippen MR) is 126 cm³/mol. The number of aliphatic hydroxyl groups excluding tert-OH is 1. The maximum atomic E-state index is 9.88. The quantitative estimate of drug-likeness (QED) is 0.453. The average molecular weight is 463 g/mol. The fourth-order valence-corrected chi connectivity index (χ4v) is 4.86. The van der Waals surface area contributed by atoms with Crippen molar-refractivity contribution >= 4 is 22.6 Å². The van der Waals surface area contributed by atoms with Crippen LogP contribution in [0.25, 0.3) is 33.4 Å². The monoisotopic (exact) mass is 462 g/mol. The van der Waals surface area contributed by atoms with E-state index < -0.39 is 6.10 Å². The van der Waals surface area contributed by atoms with E-state index in [4.69, 9.17) is 30.8 Å². The van der Waals surface area contributed by atoms with Crippen LogP contribution in [0, 0.1) is 0 Å². The molecule has 7 heteroatoms. The van der Waals surface area contributed by atoms with Gasteiger partial charge in [-0.25, -0.2) is 4.98 Å². The number of nitrogens with one attached hydrogen (secondary N) is 1. The summed E-state index contributed by atoms with van der Waals surface area (Å²) in [5.74, 6) is 0. The molecule has 2 aromatic heterocycles. The zero-order valence-corrected chi connectivity index (χ0v) is 18.5. The van der Waals surface area contributed by atoms with Gasteiger partial charge in [0.05, 0.1) is 41.6 Å². The first-order valence-electron chi connectivity index (χ1n) is 11.0. The Balaban J connectivity index is 1.20. The van der Waals surface area contributed by atoms with Crippen molar-refractivity contribution < 1.29 is 19.3 Å². The molecule has 0 spiro atoms. The van der Waals surface area contributed by atoms with Crippen LogP contribution in [0.1, 0.15) is 5.69 Å². The lowest BCUT2D eigenvalue weighted by atomic mass is 10.0. The van der Waals surface area contributed by atoms with E-state index in [0.717, 1.165) is 33.5 Å². The number of hydrogen-bond acceptors (Lipinski definition) is 5. The van der Waals surface area contributed by atoms with E-state index in [1.807, 2.05) is 42.5 Å². The summed E-state index contributed by atoms with van der Waals surface area (Å²) in [5.41, 5.74) is 6.61.